The lowest BCUT2D eigenvalue weighted by Gasteiger charge is -2.33. The number of pyridine rings is 1. The van der Waals surface area contributed by atoms with Crippen LogP contribution in [-0.4, -0.2) is 79.5 Å². The Hall–Kier alpha value is -3.62. The fraction of sp³-hybridized carbons (Fsp3) is 0.438. The molecule has 2 aromatic rings. The third-order valence-corrected chi connectivity index (χ3v) is 7.64. The first-order valence-electron chi connectivity index (χ1n) is 14.1. The van der Waals surface area contributed by atoms with E-state index in [1.165, 1.54) is 5.56 Å². The van der Waals surface area contributed by atoms with Gasteiger partial charge in [0.1, 0.15) is 6.29 Å². The molecular weight excluding hydrogens is 500 g/mol. The predicted molar refractivity (Wildman–Crippen MR) is 163 cm³/mol. The lowest BCUT2D eigenvalue weighted by molar-refractivity contribution is -0.125. The van der Waals surface area contributed by atoms with E-state index in [9.17, 15) is 9.59 Å². The van der Waals surface area contributed by atoms with Gasteiger partial charge in [0, 0.05) is 67.7 Å². The number of piperidine rings is 1. The number of aromatic nitrogens is 1. The Morgan fingerprint density at radius 2 is 2.10 bits per heavy atom. The Morgan fingerprint density at radius 3 is 2.73 bits per heavy atom. The van der Waals surface area contributed by atoms with E-state index >= 15 is 0 Å². The average molecular weight is 545 g/mol. The Labute approximate surface area is 239 Å². The number of benzene rings is 1. The van der Waals surface area contributed by atoms with Gasteiger partial charge in [0.25, 0.3) is 0 Å². The van der Waals surface area contributed by atoms with Crippen molar-refractivity contribution in [2.75, 3.05) is 40.3 Å². The number of aliphatic imine (C=N–C) groups is 1. The lowest BCUT2D eigenvalue weighted by atomic mass is 9.87. The molecule has 8 heteroatoms. The summed E-state index contributed by atoms with van der Waals surface area (Å²) in [5.74, 6) is 0.381. The van der Waals surface area contributed by atoms with Crippen LogP contribution in [-0.2, 0) is 11.3 Å². The van der Waals surface area contributed by atoms with Gasteiger partial charge >= 0.3 is 0 Å². The van der Waals surface area contributed by atoms with Crippen LogP contribution in [0.25, 0.3) is 5.70 Å². The van der Waals surface area contributed by atoms with Crippen molar-refractivity contribution in [2.45, 2.75) is 51.1 Å². The quantitative estimate of drug-likeness (QED) is 0.211. The maximum atomic E-state index is 12.5. The number of likely N-dealkylation sites (N-methyl/N-ethyl adjacent to an activating group) is 2. The molecule has 1 aromatic heterocycles. The van der Waals surface area contributed by atoms with Gasteiger partial charge in [-0.3, -0.25) is 29.4 Å². The van der Waals surface area contributed by atoms with Crippen molar-refractivity contribution in [1.82, 2.24) is 20.1 Å². The molecule has 2 heterocycles. The largest absolute Gasteiger partial charge is 0.398 e. The first kappa shape index (κ1) is 30.9. The van der Waals surface area contributed by atoms with Gasteiger partial charge in [-0.15, -0.1) is 6.58 Å². The first-order chi connectivity index (χ1) is 19.4. The summed E-state index contributed by atoms with van der Waals surface area (Å²) < 4.78 is 0. The molecule has 1 aliphatic rings. The normalized spacial score (nSPS) is 16.1. The molecule has 0 bridgehead atoms. The summed E-state index contributed by atoms with van der Waals surface area (Å²) in [6, 6.07) is 9.75. The highest BCUT2D eigenvalue weighted by Crippen LogP contribution is 2.30. The number of carbonyl (C=O) groups excluding carboxylic acids is 2. The zero-order chi connectivity index (χ0) is 28.9. The summed E-state index contributed by atoms with van der Waals surface area (Å²) in [6.45, 7) is 9.66. The van der Waals surface area contributed by atoms with Crippen molar-refractivity contribution in [3.05, 3.63) is 83.2 Å². The van der Waals surface area contributed by atoms with E-state index in [1.54, 1.807) is 19.4 Å². The van der Waals surface area contributed by atoms with Crippen molar-refractivity contribution in [3.8, 4) is 0 Å². The van der Waals surface area contributed by atoms with Crippen LogP contribution in [0.2, 0.25) is 0 Å². The number of aldehydes is 1. The molecular formula is C32H44N6O2. The Morgan fingerprint density at radius 1 is 1.32 bits per heavy atom. The van der Waals surface area contributed by atoms with E-state index in [0.717, 1.165) is 61.9 Å². The van der Waals surface area contributed by atoms with Crippen LogP contribution >= 0.6 is 0 Å². The van der Waals surface area contributed by atoms with Crippen LogP contribution in [0, 0.1) is 0 Å². The number of nitrogens with two attached hydrogens (primary N) is 1. The molecule has 1 unspecified atom stereocenters. The number of nitrogens with one attached hydrogen (secondary N) is 1. The highest BCUT2D eigenvalue weighted by Gasteiger charge is 2.25. The van der Waals surface area contributed by atoms with Gasteiger partial charge in [-0.1, -0.05) is 24.3 Å². The third kappa shape index (κ3) is 8.44. The van der Waals surface area contributed by atoms with Crippen molar-refractivity contribution in [2.24, 2.45) is 10.7 Å². The second-order valence-corrected chi connectivity index (χ2v) is 10.3. The van der Waals surface area contributed by atoms with Gasteiger partial charge in [0.2, 0.25) is 5.91 Å². The number of nitrogens with zero attached hydrogens (tertiary/aromatic N) is 4. The van der Waals surface area contributed by atoms with Gasteiger partial charge in [-0.25, -0.2) is 0 Å². The lowest BCUT2D eigenvalue weighted by Crippen LogP contribution is -2.43. The molecule has 0 saturated carbocycles. The maximum absolute atomic E-state index is 12.5. The molecule has 0 spiro atoms. The van der Waals surface area contributed by atoms with Crippen molar-refractivity contribution in [3.63, 3.8) is 0 Å². The number of carbonyl (C=O) groups is 2. The molecule has 3 N–H and O–H groups in total. The highest BCUT2D eigenvalue weighted by molar-refractivity contribution is 5.90. The molecule has 0 aliphatic carbocycles. The number of amides is 1. The molecule has 3 rings (SSSR count). The predicted octanol–water partition coefficient (Wildman–Crippen LogP) is 4.05. The van der Waals surface area contributed by atoms with E-state index in [2.05, 4.69) is 38.9 Å². The Bertz CT molecular complexity index is 1190. The molecule has 0 radical (unpaired) electrons. The van der Waals surface area contributed by atoms with E-state index in [-0.39, 0.29) is 11.9 Å². The third-order valence-electron chi connectivity index (χ3n) is 7.64. The van der Waals surface area contributed by atoms with E-state index < -0.39 is 0 Å². The van der Waals surface area contributed by atoms with Crippen molar-refractivity contribution < 1.29 is 9.59 Å². The number of hydrogen-bond acceptors (Lipinski definition) is 7. The molecule has 1 aromatic carbocycles. The zero-order valence-corrected chi connectivity index (χ0v) is 24.2. The minimum Gasteiger partial charge on any atom is -0.398 e. The summed E-state index contributed by atoms with van der Waals surface area (Å²) in [7, 11) is 3.59. The number of likely N-dealkylation sites (tertiary alicyclic amines) is 1. The number of rotatable bonds is 14. The molecule has 1 fully saturated rings. The molecule has 1 aliphatic heterocycles. The van der Waals surface area contributed by atoms with Crippen molar-refractivity contribution >= 4 is 24.1 Å². The van der Waals surface area contributed by atoms with Gasteiger partial charge in [-0.05, 0) is 81.9 Å². The van der Waals surface area contributed by atoms with Gasteiger partial charge in [-0.2, -0.15) is 0 Å². The highest BCUT2D eigenvalue weighted by atomic mass is 16.2. The maximum Gasteiger partial charge on any atom is 0.237 e. The second kappa shape index (κ2) is 15.8. The van der Waals surface area contributed by atoms with Crippen molar-refractivity contribution in [1.29, 1.82) is 0 Å². The Kier molecular flexibility index (Phi) is 12.2. The monoisotopic (exact) mass is 544 g/mol. The smallest absolute Gasteiger partial charge is 0.237 e. The van der Waals surface area contributed by atoms with Crippen LogP contribution in [0.5, 0.6) is 0 Å². The summed E-state index contributed by atoms with van der Waals surface area (Å²) >= 11 is 0. The topological polar surface area (TPSA) is 104 Å². The standard InChI is InChI=1S/C32H44N6O2/c1-5-7-10-30(32(40)34-3)37(4)21-28-18-25(11-12-27(28)23-39)24-13-16-38(17-14-24)22-29(20-35-6-2)31(33)26-9-8-15-36-19-26/h5,8-9,11-12,15,18-20,23-24,30H,1,6-7,10,13-14,16-17,21-22,33H2,2-4H3,(H,34,40). The van der Waals surface area contributed by atoms with Crippen LogP contribution < -0.4 is 11.1 Å². The van der Waals surface area contributed by atoms with E-state index in [0.29, 0.717) is 36.7 Å². The first-order valence-corrected chi connectivity index (χ1v) is 14.1. The van der Waals surface area contributed by atoms with Crippen LogP contribution in [0.15, 0.2) is 65.9 Å². The van der Waals surface area contributed by atoms with Gasteiger partial charge in [0.05, 0.1) is 6.04 Å². The summed E-state index contributed by atoms with van der Waals surface area (Å²) in [4.78, 5) is 37.5. The van der Waals surface area contributed by atoms with Gasteiger partial charge < -0.3 is 11.1 Å². The Balaban J connectivity index is 1.71. The molecule has 8 nitrogen and oxygen atoms in total. The average Bonchev–Trinajstić information content (AvgIpc) is 2.99. The van der Waals surface area contributed by atoms with Crippen LogP contribution in [0.4, 0.5) is 0 Å². The fourth-order valence-electron chi connectivity index (χ4n) is 5.27. The minimum absolute atomic E-state index is 0.0258. The molecule has 1 saturated heterocycles. The summed E-state index contributed by atoms with van der Waals surface area (Å²) in [5.41, 5.74) is 12.0. The second-order valence-electron chi connectivity index (χ2n) is 10.3. The van der Waals surface area contributed by atoms with Crippen LogP contribution in [0.3, 0.4) is 0 Å². The molecule has 40 heavy (non-hydrogen) atoms. The molecule has 1 amide bonds. The minimum atomic E-state index is -0.285. The molecule has 1 atom stereocenters. The summed E-state index contributed by atoms with van der Waals surface area (Å²) in [5, 5.41) is 2.77. The fourth-order valence-corrected chi connectivity index (χ4v) is 5.27. The van der Waals surface area contributed by atoms with E-state index in [4.69, 9.17) is 5.73 Å². The number of hydrogen-bond donors (Lipinski definition) is 2. The zero-order valence-electron chi connectivity index (χ0n) is 24.2. The van der Waals surface area contributed by atoms with Crippen LogP contribution in [0.1, 0.15) is 65.6 Å². The van der Waals surface area contributed by atoms with E-state index in [1.807, 2.05) is 49.4 Å². The molecule has 214 valence electrons. The SMILES string of the molecule is C=CCCC(C(=O)NC)N(C)Cc1cc(C2CCN(CC(C=NCC)=C(N)c3cccnc3)CC2)ccc1C=O. The summed E-state index contributed by atoms with van der Waals surface area (Å²) in [6.07, 6.45) is 11.6. The van der Waals surface area contributed by atoms with Gasteiger partial charge in [0.15, 0.2) is 0 Å². The number of allylic oxidation sites excluding steroid dienone is 1.